The van der Waals surface area contributed by atoms with Crippen LogP contribution in [0.4, 0.5) is 5.82 Å². The van der Waals surface area contributed by atoms with Gasteiger partial charge in [0.1, 0.15) is 5.82 Å². The molecule has 0 amide bonds. The Kier molecular flexibility index (Phi) is 4.61. The maximum absolute atomic E-state index is 12.1. The lowest BCUT2D eigenvalue weighted by atomic mass is 10.1. The molecule has 1 aromatic heterocycles. The molecule has 22 heavy (non-hydrogen) atoms. The van der Waals surface area contributed by atoms with Crippen molar-refractivity contribution in [1.29, 1.82) is 0 Å². The van der Waals surface area contributed by atoms with E-state index in [4.69, 9.17) is 0 Å². The van der Waals surface area contributed by atoms with Gasteiger partial charge in [-0.1, -0.05) is 11.8 Å². The van der Waals surface area contributed by atoms with E-state index in [0.29, 0.717) is 6.54 Å². The molecule has 122 valence electrons. The second-order valence-corrected chi connectivity index (χ2v) is 8.77. The van der Waals surface area contributed by atoms with Crippen molar-refractivity contribution in [3.8, 4) is 0 Å². The smallest absolute Gasteiger partial charge is 0.214 e. The molecule has 6 nitrogen and oxygen atoms in total. The lowest BCUT2D eigenvalue weighted by Gasteiger charge is -2.34. The first-order chi connectivity index (χ1) is 10.5. The summed E-state index contributed by atoms with van der Waals surface area (Å²) in [5.41, 5.74) is 0.940. The molecule has 1 saturated carbocycles. The van der Waals surface area contributed by atoms with Gasteiger partial charge in [0.2, 0.25) is 10.0 Å². The summed E-state index contributed by atoms with van der Waals surface area (Å²) in [6.07, 6.45) is 5.42. The highest BCUT2D eigenvalue weighted by Gasteiger charge is 2.37. The first kappa shape index (κ1) is 16.0. The van der Waals surface area contributed by atoms with Crippen molar-refractivity contribution in [3.63, 3.8) is 0 Å². The Balaban J connectivity index is 1.71. The van der Waals surface area contributed by atoms with Gasteiger partial charge in [0, 0.05) is 30.9 Å². The van der Waals surface area contributed by atoms with Crippen LogP contribution in [-0.4, -0.2) is 49.0 Å². The fourth-order valence-electron chi connectivity index (χ4n) is 2.77. The molecular formula is C14H22N4O2S2. The average Bonchev–Trinajstić information content (AvgIpc) is 3.31. The number of hydrogen-bond donors (Lipinski definition) is 1. The molecule has 0 bridgehead atoms. The van der Waals surface area contributed by atoms with Gasteiger partial charge in [-0.3, -0.25) is 0 Å². The Morgan fingerprint density at radius 3 is 2.77 bits per heavy atom. The van der Waals surface area contributed by atoms with Crippen molar-refractivity contribution < 1.29 is 8.42 Å². The Morgan fingerprint density at radius 1 is 1.32 bits per heavy atom. The molecule has 2 heterocycles. The van der Waals surface area contributed by atoms with Crippen molar-refractivity contribution in [2.75, 3.05) is 24.2 Å². The van der Waals surface area contributed by atoms with Gasteiger partial charge in [-0.2, -0.15) is 0 Å². The molecule has 1 atom stereocenters. The van der Waals surface area contributed by atoms with Crippen molar-refractivity contribution in [2.45, 2.75) is 49.1 Å². The number of aryl methyl sites for hydroxylation is 1. The summed E-state index contributed by atoms with van der Waals surface area (Å²) in [6.45, 7) is 3.55. The predicted octanol–water partition coefficient (Wildman–Crippen LogP) is 1.56. The molecule has 0 radical (unpaired) electrons. The van der Waals surface area contributed by atoms with E-state index in [-0.39, 0.29) is 11.3 Å². The van der Waals surface area contributed by atoms with Gasteiger partial charge in [0.25, 0.3) is 0 Å². The number of aromatic nitrogens is 2. The molecule has 1 N–H and O–H groups in total. The SMILES string of the molecule is CSc1nc(C)cc(N2CCCC(NS(=O)(=O)C3CC3)C2)n1. The second-order valence-electron chi connectivity index (χ2n) is 6.00. The molecule has 3 rings (SSSR count). The van der Waals surface area contributed by atoms with E-state index in [9.17, 15) is 8.42 Å². The summed E-state index contributed by atoms with van der Waals surface area (Å²) in [7, 11) is -3.13. The Bertz CT molecular complexity index is 646. The molecule has 2 aliphatic rings. The number of piperidine rings is 1. The molecule has 0 spiro atoms. The van der Waals surface area contributed by atoms with Crippen LogP contribution in [0.2, 0.25) is 0 Å². The normalized spacial score (nSPS) is 22.8. The molecule has 2 fully saturated rings. The Hall–Kier alpha value is -0.860. The van der Waals surface area contributed by atoms with E-state index in [2.05, 4.69) is 19.6 Å². The topological polar surface area (TPSA) is 75.2 Å². The second kappa shape index (κ2) is 6.33. The zero-order valence-electron chi connectivity index (χ0n) is 12.9. The fraction of sp³-hybridized carbons (Fsp3) is 0.714. The maximum atomic E-state index is 12.1. The third-order valence-electron chi connectivity index (χ3n) is 4.04. The summed E-state index contributed by atoms with van der Waals surface area (Å²) in [6, 6.07) is 1.95. The average molecular weight is 342 g/mol. The maximum Gasteiger partial charge on any atom is 0.214 e. The minimum Gasteiger partial charge on any atom is -0.355 e. The first-order valence-electron chi connectivity index (χ1n) is 7.64. The van der Waals surface area contributed by atoms with Crippen LogP contribution in [-0.2, 0) is 10.0 Å². The van der Waals surface area contributed by atoms with Crippen LogP contribution in [0, 0.1) is 6.92 Å². The highest BCUT2D eigenvalue weighted by atomic mass is 32.2. The van der Waals surface area contributed by atoms with Gasteiger partial charge in [-0.15, -0.1) is 0 Å². The van der Waals surface area contributed by atoms with Crippen LogP contribution in [0.5, 0.6) is 0 Å². The predicted molar refractivity (Wildman–Crippen MR) is 88.9 cm³/mol. The van der Waals surface area contributed by atoms with E-state index in [1.54, 1.807) is 0 Å². The summed E-state index contributed by atoms with van der Waals surface area (Å²) >= 11 is 1.52. The minimum atomic E-state index is -3.13. The monoisotopic (exact) mass is 342 g/mol. The number of nitrogens with zero attached hydrogens (tertiary/aromatic N) is 3. The van der Waals surface area contributed by atoms with E-state index in [1.165, 1.54) is 11.8 Å². The van der Waals surface area contributed by atoms with Crippen LogP contribution in [0.1, 0.15) is 31.4 Å². The zero-order chi connectivity index (χ0) is 15.7. The lowest BCUT2D eigenvalue weighted by molar-refractivity contribution is 0.462. The number of hydrogen-bond acceptors (Lipinski definition) is 6. The number of sulfonamides is 1. The van der Waals surface area contributed by atoms with Gasteiger partial charge in [-0.25, -0.2) is 23.1 Å². The molecular weight excluding hydrogens is 320 g/mol. The number of thioether (sulfide) groups is 1. The van der Waals surface area contributed by atoms with Crippen LogP contribution in [0.3, 0.4) is 0 Å². The van der Waals surface area contributed by atoms with Crippen LogP contribution < -0.4 is 9.62 Å². The standard InChI is InChI=1S/C14H22N4O2S2/c1-10-8-13(16-14(15-10)21-2)18-7-3-4-11(9-18)17-22(19,20)12-5-6-12/h8,11-12,17H,3-7,9H2,1-2H3. The molecule has 0 aromatic carbocycles. The largest absolute Gasteiger partial charge is 0.355 e. The first-order valence-corrected chi connectivity index (χ1v) is 10.4. The summed E-state index contributed by atoms with van der Waals surface area (Å²) in [5.74, 6) is 0.896. The highest BCUT2D eigenvalue weighted by molar-refractivity contribution is 7.98. The third kappa shape index (κ3) is 3.72. The van der Waals surface area contributed by atoms with Crippen molar-refractivity contribution in [1.82, 2.24) is 14.7 Å². The van der Waals surface area contributed by atoms with Gasteiger partial charge >= 0.3 is 0 Å². The summed E-state index contributed by atoms with van der Waals surface area (Å²) in [5, 5.41) is 0.600. The lowest BCUT2D eigenvalue weighted by Crippen LogP contribution is -2.48. The highest BCUT2D eigenvalue weighted by Crippen LogP contribution is 2.28. The third-order valence-corrected chi connectivity index (χ3v) is 6.60. The quantitative estimate of drug-likeness (QED) is 0.646. The van der Waals surface area contributed by atoms with E-state index in [1.807, 2.05) is 19.2 Å². The molecule has 8 heteroatoms. The van der Waals surface area contributed by atoms with Gasteiger partial charge in [-0.05, 0) is 38.9 Å². The van der Waals surface area contributed by atoms with E-state index in [0.717, 1.165) is 48.9 Å². The summed E-state index contributed by atoms with van der Waals surface area (Å²) in [4.78, 5) is 11.1. The van der Waals surface area contributed by atoms with Gasteiger partial charge < -0.3 is 4.90 Å². The fourth-order valence-corrected chi connectivity index (χ4v) is 4.79. The zero-order valence-corrected chi connectivity index (χ0v) is 14.6. The van der Waals surface area contributed by atoms with Gasteiger partial charge in [0.15, 0.2) is 5.16 Å². The van der Waals surface area contributed by atoms with Crippen LogP contribution >= 0.6 is 11.8 Å². The number of anilines is 1. The van der Waals surface area contributed by atoms with E-state index < -0.39 is 10.0 Å². The summed E-state index contributed by atoms with van der Waals surface area (Å²) < 4.78 is 27.1. The Morgan fingerprint density at radius 2 is 2.09 bits per heavy atom. The molecule has 1 saturated heterocycles. The minimum absolute atomic E-state index is 0.0210. The Labute approximate surface area is 136 Å². The van der Waals surface area contributed by atoms with Crippen molar-refractivity contribution in [2.24, 2.45) is 0 Å². The van der Waals surface area contributed by atoms with Crippen molar-refractivity contribution >= 4 is 27.6 Å². The molecule has 1 aromatic rings. The van der Waals surface area contributed by atoms with Gasteiger partial charge in [0.05, 0.1) is 5.25 Å². The molecule has 1 unspecified atom stereocenters. The van der Waals surface area contributed by atoms with E-state index >= 15 is 0 Å². The number of nitrogens with one attached hydrogen (secondary N) is 1. The molecule has 1 aliphatic heterocycles. The number of rotatable bonds is 5. The van der Waals surface area contributed by atoms with Crippen molar-refractivity contribution in [3.05, 3.63) is 11.8 Å². The molecule has 1 aliphatic carbocycles. The van der Waals surface area contributed by atoms with Crippen LogP contribution in [0.15, 0.2) is 11.2 Å². The van der Waals surface area contributed by atoms with Crippen LogP contribution in [0.25, 0.3) is 0 Å².